The molecule has 1 fully saturated rings. The highest BCUT2D eigenvalue weighted by molar-refractivity contribution is 7.91. The zero-order chi connectivity index (χ0) is 20.3. The minimum atomic E-state index is -3.16. The predicted molar refractivity (Wildman–Crippen MR) is 106 cm³/mol. The number of carbonyl (C=O) groups is 2. The second-order valence-electron chi connectivity index (χ2n) is 7.07. The third-order valence-corrected chi connectivity index (χ3v) is 6.51. The molecule has 1 heterocycles. The van der Waals surface area contributed by atoms with Crippen molar-refractivity contribution in [3.05, 3.63) is 65.2 Å². The maximum absolute atomic E-state index is 13.4. The Morgan fingerprint density at radius 2 is 1.79 bits per heavy atom. The molecule has 0 bridgehead atoms. The fourth-order valence-electron chi connectivity index (χ4n) is 3.32. The van der Waals surface area contributed by atoms with Gasteiger partial charge in [-0.05, 0) is 31.0 Å². The van der Waals surface area contributed by atoms with E-state index < -0.39 is 21.8 Å². The van der Waals surface area contributed by atoms with Gasteiger partial charge in [0.2, 0.25) is 0 Å². The fraction of sp³-hybridized carbons (Fsp3) is 0.333. The molecule has 1 aliphatic rings. The van der Waals surface area contributed by atoms with Gasteiger partial charge in [-0.25, -0.2) is 8.42 Å². The van der Waals surface area contributed by atoms with Crippen LogP contribution in [0, 0.1) is 6.92 Å². The zero-order valence-electron chi connectivity index (χ0n) is 15.9. The first-order chi connectivity index (χ1) is 13.2. The van der Waals surface area contributed by atoms with E-state index in [2.05, 4.69) is 0 Å². The predicted octanol–water partition coefficient (Wildman–Crippen LogP) is 2.75. The van der Waals surface area contributed by atoms with Crippen molar-refractivity contribution < 1.29 is 22.7 Å². The van der Waals surface area contributed by atoms with E-state index in [1.165, 1.54) is 6.92 Å². The number of amides is 1. The summed E-state index contributed by atoms with van der Waals surface area (Å²) in [6, 6.07) is 13.9. The average molecular weight is 401 g/mol. The normalized spacial score (nSPS) is 17.9. The molecule has 0 N–H and O–H groups in total. The average Bonchev–Trinajstić information content (AvgIpc) is 3.00. The van der Waals surface area contributed by atoms with Gasteiger partial charge in [-0.15, -0.1) is 0 Å². The van der Waals surface area contributed by atoms with Crippen LogP contribution < -0.4 is 4.74 Å². The number of carbonyl (C=O) groups excluding carboxylic acids is 2. The van der Waals surface area contributed by atoms with Crippen molar-refractivity contribution in [2.75, 3.05) is 11.5 Å². The van der Waals surface area contributed by atoms with Crippen LogP contribution >= 0.6 is 0 Å². The van der Waals surface area contributed by atoms with Gasteiger partial charge < -0.3 is 9.64 Å². The van der Waals surface area contributed by atoms with Gasteiger partial charge in [-0.3, -0.25) is 9.59 Å². The third kappa shape index (κ3) is 4.78. The Hall–Kier alpha value is -2.67. The molecule has 1 amide bonds. The van der Waals surface area contributed by atoms with Gasteiger partial charge >= 0.3 is 5.97 Å². The summed E-state index contributed by atoms with van der Waals surface area (Å²) in [7, 11) is -3.16. The number of esters is 1. The van der Waals surface area contributed by atoms with Crippen LogP contribution in [0.1, 0.15) is 34.8 Å². The van der Waals surface area contributed by atoms with Crippen LogP contribution in [0.5, 0.6) is 5.75 Å². The Balaban J connectivity index is 1.95. The van der Waals surface area contributed by atoms with Gasteiger partial charge in [0.1, 0.15) is 5.75 Å². The lowest BCUT2D eigenvalue weighted by molar-refractivity contribution is -0.131. The standard InChI is InChI=1S/C21H23NO5S/c1-15-7-9-17(10-8-15)13-22(18-11-12-28(25,26)14-18)21(24)19-5-3-4-6-20(19)27-16(2)23/h3-10,18H,11-14H2,1-2H3. The molecule has 0 aromatic heterocycles. The Morgan fingerprint density at radius 1 is 1.11 bits per heavy atom. The van der Waals surface area contributed by atoms with Gasteiger partial charge in [0.15, 0.2) is 9.84 Å². The molecule has 2 aromatic rings. The van der Waals surface area contributed by atoms with Crippen LogP contribution in [0.15, 0.2) is 48.5 Å². The number of benzene rings is 2. The molecule has 3 rings (SSSR count). The van der Waals surface area contributed by atoms with E-state index in [4.69, 9.17) is 4.74 Å². The van der Waals surface area contributed by atoms with Crippen molar-refractivity contribution in [2.24, 2.45) is 0 Å². The number of para-hydroxylation sites is 1. The van der Waals surface area contributed by atoms with Gasteiger partial charge in [-0.1, -0.05) is 42.0 Å². The Kier molecular flexibility index (Phi) is 5.84. The SMILES string of the molecule is CC(=O)Oc1ccccc1C(=O)N(Cc1ccc(C)cc1)C1CCS(=O)(=O)C1. The van der Waals surface area contributed by atoms with Crippen LogP contribution in [-0.4, -0.2) is 42.7 Å². The minimum absolute atomic E-state index is 0.0552. The topological polar surface area (TPSA) is 80.8 Å². The highest BCUT2D eigenvalue weighted by atomic mass is 32.2. The lowest BCUT2D eigenvalue weighted by Crippen LogP contribution is -2.40. The molecule has 1 unspecified atom stereocenters. The zero-order valence-corrected chi connectivity index (χ0v) is 16.7. The number of aryl methyl sites for hydroxylation is 1. The number of hydrogen-bond acceptors (Lipinski definition) is 5. The number of sulfone groups is 1. The summed E-state index contributed by atoms with van der Waals surface area (Å²) in [6.07, 6.45) is 0.398. The minimum Gasteiger partial charge on any atom is -0.426 e. The third-order valence-electron chi connectivity index (χ3n) is 4.75. The molecule has 1 saturated heterocycles. The molecule has 1 atom stereocenters. The number of ether oxygens (including phenoxy) is 1. The van der Waals surface area contributed by atoms with E-state index in [0.29, 0.717) is 6.42 Å². The van der Waals surface area contributed by atoms with Crippen LogP contribution in [0.4, 0.5) is 0 Å². The van der Waals surface area contributed by atoms with Gasteiger partial charge in [0.25, 0.3) is 5.91 Å². The first kappa shape index (κ1) is 20.1. The largest absolute Gasteiger partial charge is 0.426 e. The van der Waals surface area contributed by atoms with Crippen molar-refractivity contribution >= 4 is 21.7 Å². The summed E-state index contributed by atoms with van der Waals surface area (Å²) < 4.78 is 29.2. The number of rotatable bonds is 5. The molecule has 0 aliphatic carbocycles. The summed E-state index contributed by atoms with van der Waals surface area (Å²) in [6.45, 7) is 3.54. The number of hydrogen-bond donors (Lipinski definition) is 0. The van der Waals surface area contributed by atoms with Crippen molar-refractivity contribution in [1.29, 1.82) is 0 Å². The van der Waals surface area contributed by atoms with Crippen LogP contribution in [0.3, 0.4) is 0 Å². The van der Waals surface area contributed by atoms with Crippen LogP contribution in [0.2, 0.25) is 0 Å². The molecule has 0 radical (unpaired) electrons. The molecule has 7 heteroatoms. The summed E-state index contributed by atoms with van der Waals surface area (Å²) in [5.74, 6) is -0.676. The smallest absolute Gasteiger partial charge is 0.308 e. The maximum Gasteiger partial charge on any atom is 0.308 e. The molecular weight excluding hydrogens is 378 g/mol. The molecule has 6 nitrogen and oxygen atoms in total. The molecule has 2 aromatic carbocycles. The van der Waals surface area contributed by atoms with Crippen LogP contribution in [0.25, 0.3) is 0 Å². The maximum atomic E-state index is 13.4. The monoisotopic (exact) mass is 401 g/mol. The second-order valence-corrected chi connectivity index (χ2v) is 9.29. The van der Waals surface area contributed by atoms with Gasteiger partial charge in [0, 0.05) is 19.5 Å². The van der Waals surface area contributed by atoms with E-state index in [-0.39, 0.29) is 35.3 Å². The Labute approximate surface area is 165 Å². The number of nitrogens with zero attached hydrogens (tertiary/aromatic N) is 1. The highest BCUT2D eigenvalue weighted by Crippen LogP contribution is 2.26. The summed E-state index contributed by atoms with van der Waals surface area (Å²) >= 11 is 0. The van der Waals surface area contributed by atoms with E-state index in [1.54, 1.807) is 29.2 Å². The molecule has 1 aliphatic heterocycles. The first-order valence-electron chi connectivity index (χ1n) is 9.09. The quantitative estimate of drug-likeness (QED) is 0.568. The van der Waals surface area contributed by atoms with Crippen molar-refractivity contribution in [2.45, 2.75) is 32.9 Å². The molecule has 148 valence electrons. The molecular formula is C21H23NO5S. The molecule has 28 heavy (non-hydrogen) atoms. The van der Waals surface area contributed by atoms with E-state index in [0.717, 1.165) is 11.1 Å². The Morgan fingerprint density at radius 3 is 2.39 bits per heavy atom. The van der Waals surface area contributed by atoms with E-state index >= 15 is 0 Å². The summed E-state index contributed by atoms with van der Waals surface area (Å²) in [5, 5.41) is 0. The van der Waals surface area contributed by atoms with Crippen molar-refractivity contribution in [1.82, 2.24) is 4.90 Å². The Bertz CT molecular complexity index is 982. The van der Waals surface area contributed by atoms with Gasteiger partial charge in [0.05, 0.1) is 17.1 Å². The van der Waals surface area contributed by atoms with E-state index in [1.807, 2.05) is 31.2 Å². The van der Waals surface area contributed by atoms with E-state index in [9.17, 15) is 18.0 Å². The van der Waals surface area contributed by atoms with Crippen molar-refractivity contribution in [3.8, 4) is 5.75 Å². The first-order valence-corrected chi connectivity index (χ1v) is 10.9. The van der Waals surface area contributed by atoms with Crippen LogP contribution in [-0.2, 0) is 21.2 Å². The second kappa shape index (κ2) is 8.14. The molecule has 0 saturated carbocycles. The summed E-state index contributed by atoms with van der Waals surface area (Å²) in [4.78, 5) is 26.3. The van der Waals surface area contributed by atoms with Crippen molar-refractivity contribution in [3.63, 3.8) is 0 Å². The lowest BCUT2D eigenvalue weighted by atomic mass is 10.1. The lowest BCUT2D eigenvalue weighted by Gasteiger charge is -2.29. The van der Waals surface area contributed by atoms with Gasteiger partial charge in [-0.2, -0.15) is 0 Å². The molecule has 0 spiro atoms. The summed E-state index contributed by atoms with van der Waals surface area (Å²) in [5.41, 5.74) is 2.26. The fourth-order valence-corrected chi connectivity index (χ4v) is 5.05. The highest BCUT2D eigenvalue weighted by Gasteiger charge is 2.35.